The van der Waals surface area contributed by atoms with Gasteiger partial charge in [0.15, 0.2) is 0 Å². The Kier molecular flexibility index (Phi) is 3.59. The fourth-order valence-corrected chi connectivity index (χ4v) is 2.55. The Hall–Kier alpha value is -0.900. The fraction of sp³-hybridized carbons (Fsp3) is 0.833. The first kappa shape index (κ1) is 11.6. The molecular formula is C12H22N4. The molecular weight excluding hydrogens is 200 g/mol. The first-order chi connectivity index (χ1) is 7.72. The van der Waals surface area contributed by atoms with Crippen LogP contribution < -0.4 is 5.73 Å². The molecule has 1 aliphatic rings. The standard InChI is InChI=1S/C12H22N4/c1-9(2)8-16-11(7-13)14-15-12(16)10-5-3-4-6-10/h9-10H,3-8,13H2,1-2H3. The largest absolute Gasteiger partial charge is 0.324 e. The van der Waals surface area contributed by atoms with Crippen molar-refractivity contribution in [1.82, 2.24) is 14.8 Å². The van der Waals surface area contributed by atoms with Crippen molar-refractivity contribution < 1.29 is 0 Å². The van der Waals surface area contributed by atoms with Crippen LogP contribution in [0.5, 0.6) is 0 Å². The van der Waals surface area contributed by atoms with Crippen LogP contribution in [0.1, 0.15) is 57.1 Å². The van der Waals surface area contributed by atoms with Gasteiger partial charge in [0, 0.05) is 12.5 Å². The summed E-state index contributed by atoms with van der Waals surface area (Å²) in [5, 5.41) is 8.58. The molecule has 1 heterocycles. The van der Waals surface area contributed by atoms with E-state index in [4.69, 9.17) is 5.73 Å². The lowest BCUT2D eigenvalue weighted by atomic mass is 10.1. The van der Waals surface area contributed by atoms with Crippen LogP contribution in [0.3, 0.4) is 0 Å². The third-order valence-electron chi connectivity index (χ3n) is 3.31. The topological polar surface area (TPSA) is 56.7 Å². The molecule has 0 bridgehead atoms. The summed E-state index contributed by atoms with van der Waals surface area (Å²) in [5.74, 6) is 3.34. The maximum atomic E-state index is 5.72. The summed E-state index contributed by atoms with van der Waals surface area (Å²) in [5.41, 5.74) is 5.72. The zero-order chi connectivity index (χ0) is 11.5. The Labute approximate surface area is 97.2 Å². The second-order valence-electron chi connectivity index (χ2n) is 5.16. The quantitative estimate of drug-likeness (QED) is 0.848. The van der Waals surface area contributed by atoms with E-state index in [1.165, 1.54) is 31.5 Å². The second kappa shape index (κ2) is 4.95. The van der Waals surface area contributed by atoms with E-state index in [1.54, 1.807) is 0 Å². The smallest absolute Gasteiger partial charge is 0.146 e. The first-order valence-electron chi connectivity index (χ1n) is 6.34. The van der Waals surface area contributed by atoms with Gasteiger partial charge in [-0.3, -0.25) is 0 Å². The Morgan fingerprint density at radius 2 is 2.00 bits per heavy atom. The molecule has 1 aromatic rings. The van der Waals surface area contributed by atoms with E-state index >= 15 is 0 Å². The van der Waals surface area contributed by atoms with Gasteiger partial charge >= 0.3 is 0 Å². The van der Waals surface area contributed by atoms with Crippen molar-refractivity contribution in [3.05, 3.63) is 11.6 Å². The summed E-state index contributed by atoms with van der Waals surface area (Å²) >= 11 is 0. The molecule has 1 saturated carbocycles. The van der Waals surface area contributed by atoms with Gasteiger partial charge in [0.2, 0.25) is 0 Å². The van der Waals surface area contributed by atoms with Crippen LogP contribution in [0, 0.1) is 5.92 Å². The fourth-order valence-electron chi connectivity index (χ4n) is 2.55. The minimum absolute atomic E-state index is 0.492. The Balaban J connectivity index is 2.25. The molecule has 0 atom stereocenters. The SMILES string of the molecule is CC(C)Cn1c(CN)nnc1C1CCCC1. The van der Waals surface area contributed by atoms with Gasteiger partial charge in [-0.15, -0.1) is 10.2 Å². The van der Waals surface area contributed by atoms with Crippen LogP contribution in [-0.4, -0.2) is 14.8 Å². The van der Waals surface area contributed by atoms with Crippen LogP contribution in [0.15, 0.2) is 0 Å². The molecule has 0 amide bonds. The number of hydrogen-bond donors (Lipinski definition) is 1. The number of nitrogens with two attached hydrogens (primary N) is 1. The molecule has 0 aromatic carbocycles. The molecule has 90 valence electrons. The van der Waals surface area contributed by atoms with Crippen molar-refractivity contribution in [2.24, 2.45) is 11.7 Å². The number of nitrogens with zero attached hydrogens (tertiary/aromatic N) is 3. The van der Waals surface area contributed by atoms with Crippen LogP contribution in [0.25, 0.3) is 0 Å². The minimum Gasteiger partial charge on any atom is -0.324 e. The van der Waals surface area contributed by atoms with Gasteiger partial charge in [-0.1, -0.05) is 26.7 Å². The van der Waals surface area contributed by atoms with E-state index in [1.807, 2.05) is 0 Å². The van der Waals surface area contributed by atoms with Crippen molar-refractivity contribution in [3.63, 3.8) is 0 Å². The number of hydrogen-bond acceptors (Lipinski definition) is 3. The third-order valence-corrected chi connectivity index (χ3v) is 3.31. The Bertz CT molecular complexity index is 337. The average Bonchev–Trinajstić information content (AvgIpc) is 2.84. The second-order valence-corrected chi connectivity index (χ2v) is 5.16. The number of rotatable bonds is 4. The summed E-state index contributed by atoms with van der Waals surface area (Å²) < 4.78 is 2.25. The summed E-state index contributed by atoms with van der Waals surface area (Å²) in [6.45, 7) is 5.93. The average molecular weight is 222 g/mol. The lowest BCUT2D eigenvalue weighted by Gasteiger charge is -2.15. The van der Waals surface area contributed by atoms with Gasteiger partial charge in [0.25, 0.3) is 0 Å². The van der Waals surface area contributed by atoms with Gasteiger partial charge in [-0.2, -0.15) is 0 Å². The van der Waals surface area contributed by atoms with Gasteiger partial charge < -0.3 is 10.3 Å². The molecule has 16 heavy (non-hydrogen) atoms. The maximum absolute atomic E-state index is 5.72. The van der Waals surface area contributed by atoms with E-state index in [0.29, 0.717) is 18.4 Å². The number of aromatic nitrogens is 3. The zero-order valence-corrected chi connectivity index (χ0v) is 10.3. The normalized spacial score (nSPS) is 17.5. The van der Waals surface area contributed by atoms with Crippen molar-refractivity contribution in [1.29, 1.82) is 0 Å². The minimum atomic E-state index is 0.492. The van der Waals surface area contributed by atoms with Crippen molar-refractivity contribution >= 4 is 0 Å². The predicted molar refractivity (Wildman–Crippen MR) is 64.0 cm³/mol. The maximum Gasteiger partial charge on any atom is 0.146 e. The van der Waals surface area contributed by atoms with E-state index in [2.05, 4.69) is 28.6 Å². The van der Waals surface area contributed by atoms with E-state index in [-0.39, 0.29) is 0 Å². The highest BCUT2D eigenvalue weighted by Gasteiger charge is 2.24. The van der Waals surface area contributed by atoms with E-state index in [9.17, 15) is 0 Å². The van der Waals surface area contributed by atoms with Crippen LogP contribution >= 0.6 is 0 Å². The summed E-state index contributed by atoms with van der Waals surface area (Å²) in [4.78, 5) is 0. The van der Waals surface area contributed by atoms with Crippen molar-refractivity contribution in [3.8, 4) is 0 Å². The molecule has 0 unspecified atom stereocenters. The van der Waals surface area contributed by atoms with Crippen LogP contribution in [0.2, 0.25) is 0 Å². The molecule has 0 radical (unpaired) electrons. The molecule has 0 saturated heterocycles. The van der Waals surface area contributed by atoms with Gasteiger partial charge in [0.05, 0.1) is 6.54 Å². The van der Waals surface area contributed by atoms with Crippen LogP contribution in [0.4, 0.5) is 0 Å². The highest BCUT2D eigenvalue weighted by Crippen LogP contribution is 2.33. The Morgan fingerprint density at radius 1 is 1.31 bits per heavy atom. The molecule has 2 rings (SSSR count). The van der Waals surface area contributed by atoms with Gasteiger partial charge in [0.1, 0.15) is 11.6 Å². The van der Waals surface area contributed by atoms with E-state index in [0.717, 1.165) is 12.4 Å². The van der Waals surface area contributed by atoms with Gasteiger partial charge in [-0.25, -0.2) is 0 Å². The molecule has 2 N–H and O–H groups in total. The molecule has 1 aliphatic carbocycles. The molecule has 4 heteroatoms. The Morgan fingerprint density at radius 3 is 2.56 bits per heavy atom. The van der Waals surface area contributed by atoms with Crippen LogP contribution in [-0.2, 0) is 13.1 Å². The predicted octanol–water partition coefficient (Wildman–Crippen LogP) is 2.05. The molecule has 0 aliphatic heterocycles. The lowest BCUT2D eigenvalue weighted by molar-refractivity contribution is 0.475. The molecule has 1 aromatic heterocycles. The first-order valence-corrected chi connectivity index (χ1v) is 6.34. The summed E-state index contributed by atoms with van der Waals surface area (Å²) in [6, 6.07) is 0. The third kappa shape index (κ3) is 2.26. The monoisotopic (exact) mass is 222 g/mol. The molecule has 1 fully saturated rings. The van der Waals surface area contributed by atoms with Crippen molar-refractivity contribution in [2.45, 2.75) is 58.5 Å². The highest BCUT2D eigenvalue weighted by atomic mass is 15.3. The molecule has 0 spiro atoms. The summed E-state index contributed by atoms with van der Waals surface area (Å²) in [7, 11) is 0. The zero-order valence-electron chi connectivity index (χ0n) is 10.3. The van der Waals surface area contributed by atoms with Crippen molar-refractivity contribution in [2.75, 3.05) is 0 Å². The molecule has 4 nitrogen and oxygen atoms in total. The highest BCUT2D eigenvalue weighted by molar-refractivity contribution is 5.04. The lowest BCUT2D eigenvalue weighted by Crippen LogP contribution is -2.15. The van der Waals surface area contributed by atoms with E-state index < -0.39 is 0 Å². The summed E-state index contributed by atoms with van der Waals surface area (Å²) in [6.07, 6.45) is 5.19. The van der Waals surface area contributed by atoms with Gasteiger partial charge in [-0.05, 0) is 18.8 Å².